The number of alkyl halides is 1. The monoisotopic (exact) mass is 306 g/mol. The molecule has 2 aromatic rings. The van der Waals surface area contributed by atoms with Crippen LogP contribution in [0.15, 0.2) is 12.3 Å². The van der Waals surface area contributed by atoms with Crippen molar-refractivity contribution >= 4 is 22.8 Å². The van der Waals surface area contributed by atoms with Crippen LogP contribution in [-0.4, -0.2) is 39.6 Å². The average Bonchev–Trinajstić information content (AvgIpc) is 2.80. The Hall–Kier alpha value is -1.13. The lowest BCUT2D eigenvalue weighted by Crippen LogP contribution is -2.38. The molecule has 3 heterocycles. The van der Waals surface area contributed by atoms with E-state index in [2.05, 4.69) is 35.3 Å². The zero-order chi connectivity index (χ0) is 15.1. The standard InChI is InChI=1S/C16H23ClN4/c1-10-5-7-18-16-14(10)19-15(12(3)17)21(16)13-6-8-20(4)9-11(13)2/h5,7,11-13H,6,8-9H2,1-4H3. The SMILES string of the molecule is Cc1ccnc2c1nc(C(C)Cl)n2C1CCN(C)CC1C. The Morgan fingerprint density at radius 2 is 2.19 bits per heavy atom. The summed E-state index contributed by atoms with van der Waals surface area (Å²) in [5.41, 5.74) is 3.14. The molecule has 3 unspecified atom stereocenters. The summed E-state index contributed by atoms with van der Waals surface area (Å²) in [6.07, 6.45) is 2.99. The van der Waals surface area contributed by atoms with Crippen LogP contribution in [-0.2, 0) is 0 Å². The number of fused-ring (bicyclic) bond motifs is 1. The smallest absolute Gasteiger partial charge is 0.160 e. The Bertz CT molecular complexity index is 649. The molecule has 5 heteroatoms. The number of aryl methyl sites for hydroxylation is 1. The number of halogens is 1. The van der Waals surface area contributed by atoms with Crippen LogP contribution in [0.3, 0.4) is 0 Å². The van der Waals surface area contributed by atoms with Crippen LogP contribution < -0.4 is 0 Å². The molecule has 0 N–H and O–H groups in total. The molecule has 0 radical (unpaired) electrons. The molecular weight excluding hydrogens is 284 g/mol. The summed E-state index contributed by atoms with van der Waals surface area (Å²) in [6.45, 7) is 8.60. The molecule has 2 aromatic heterocycles. The number of nitrogens with zero attached hydrogens (tertiary/aromatic N) is 4. The van der Waals surface area contributed by atoms with E-state index in [1.165, 1.54) is 0 Å². The quantitative estimate of drug-likeness (QED) is 0.796. The van der Waals surface area contributed by atoms with Gasteiger partial charge in [-0.2, -0.15) is 0 Å². The van der Waals surface area contributed by atoms with Crippen LogP contribution in [0, 0.1) is 12.8 Å². The van der Waals surface area contributed by atoms with Gasteiger partial charge in [-0.25, -0.2) is 9.97 Å². The second-order valence-electron chi connectivity index (χ2n) is 6.35. The van der Waals surface area contributed by atoms with Crippen LogP contribution >= 0.6 is 11.6 Å². The van der Waals surface area contributed by atoms with E-state index >= 15 is 0 Å². The van der Waals surface area contributed by atoms with E-state index < -0.39 is 0 Å². The van der Waals surface area contributed by atoms with E-state index in [1.807, 2.05) is 19.2 Å². The molecule has 1 aliphatic rings. The Balaban J connectivity index is 2.16. The maximum Gasteiger partial charge on any atom is 0.160 e. The van der Waals surface area contributed by atoms with Gasteiger partial charge < -0.3 is 9.47 Å². The van der Waals surface area contributed by atoms with Gasteiger partial charge in [-0.1, -0.05) is 6.92 Å². The molecule has 1 saturated heterocycles. The van der Waals surface area contributed by atoms with Crippen LogP contribution in [0.5, 0.6) is 0 Å². The van der Waals surface area contributed by atoms with Crippen molar-refractivity contribution in [1.29, 1.82) is 0 Å². The maximum absolute atomic E-state index is 6.41. The van der Waals surface area contributed by atoms with Crippen molar-refractivity contribution in [3.63, 3.8) is 0 Å². The number of hydrogen-bond acceptors (Lipinski definition) is 3. The van der Waals surface area contributed by atoms with E-state index in [0.717, 1.165) is 42.1 Å². The Morgan fingerprint density at radius 3 is 2.86 bits per heavy atom. The Labute approximate surface area is 131 Å². The van der Waals surface area contributed by atoms with Gasteiger partial charge in [0.05, 0.1) is 5.38 Å². The van der Waals surface area contributed by atoms with Crippen LogP contribution in [0.1, 0.15) is 43.1 Å². The summed E-state index contributed by atoms with van der Waals surface area (Å²) in [6, 6.07) is 2.44. The normalized spacial score (nSPS) is 25.4. The Kier molecular flexibility index (Phi) is 3.93. The fourth-order valence-electron chi connectivity index (χ4n) is 3.46. The van der Waals surface area contributed by atoms with E-state index in [1.54, 1.807) is 0 Å². The first-order chi connectivity index (χ1) is 9.99. The molecule has 0 aliphatic carbocycles. The van der Waals surface area contributed by atoms with Crippen molar-refractivity contribution in [2.24, 2.45) is 5.92 Å². The van der Waals surface area contributed by atoms with Gasteiger partial charge >= 0.3 is 0 Å². The largest absolute Gasteiger partial charge is 0.308 e. The molecule has 0 saturated carbocycles. The third-order valence-corrected chi connectivity index (χ3v) is 4.75. The zero-order valence-electron chi connectivity index (χ0n) is 13.2. The Morgan fingerprint density at radius 1 is 1.43 bits per heavy atom. The molecule has 1 aliphatic heterocycles. The van der Waals surface area contributed by atoms with Gasteiger partial charge in [0.1, 0.15) is 11.3 Å². The first kappa shape index (κ1) is 14.8. The summed E-state index contributed by atoms with van der Waals surface area (Å²) in [5, 5.41) is -0.106. The number of hydrogen-bond donors (Lipinski definition) is 0. The van der Waals surface area contributed by atoms with E-state index in [9.17, 15) is 0 Å². The number of imidazole rings is 1. The van der Waals surface area contributed by atoms with Gasteiger partial charge in [-0.15, -0.1) is 11.6 Å². The van der Waals surface area contributed by atoms with Crippen LogP contribution in [0.4, 0.5) is 0 Å². The molecule has 0 spiro atoms. The maximum atomic E-state index is 6.41. The van der Waals surface area contributed by atoms with Gasteiger partial charge in [0.15, 0.2) is 5.65 Å². The van der Waals surface area contributed by atoms with Gasteiger partial charge in [-0.05, 0) is 51.4 Å². The summed E-state index contributed by atoms with van der Waals surface area (Å²) in [5.74, 6) is 1.52. The highest BCUT2D eigenvalue weighted by atomic mass is 35.5. The molecule has 3 atom stereocenters. The lowest BCUT2D eigenvalue weighted by Gasteiger charge is -2.36. The van der Waals surface area contributed by atoms with Crippen molar-refractivity contribution < 1.29 is 0 Å². The fraction of sp³-hybridized carbons (Fsp3) is 0.625. The fourth-order valence-corrected chi connectivity index (χ4v) is 3.61. The minimum atomic E-state index is -0.106. The predicted octanol–water partition coefficient (Wildman–Crippen LogP) is 3.55. The average molecular weight is 307 g/mol. The molecule has 21 heavy (non-hydrogen) atoms. The first-order valence-electron chi connectivity index (χ1n) is 7.65. The minimum Gasteiger partial charge on any atom is -0.308 e. The molecule has 0 amide bonds. The lowest BCUT2D eigenvalue weighted by atomic mass is 9.93. The third kappa shape index (κ3) is 2.55. The van der Waals surface area contributed by atoms with E-state index in [4.69, 9.17) is 16.6 Å². The summed E-state index contributed by atoms with van der Waals surface area (Å²) in [4.78, 5) is 11.8. The first-order valence-corrected chi connectivity index (χ1v) is 8.08. The lowest BCUT2D eigenvalue weighted by molar-refractivity contribution is 0.159. The molecule has 114 valence electrons. The molecule has 4 nitrogen and oxygen atoms in total. The van der Waals surface area contributed by atoms with Crippen molar-refractivity contribution in [2.45, 2.75) is 38.6 Å². The van der Waals surface area contributed by atoms with Gasteiger partial charge in [0.25, 0.3) is 0 Å². The van der Waals surface area contributed by atoms with Gasteiger partial charge in [0.2, 0.25) is 0 Å². The predicted molar refractivity (Wildman–Crippen MR) is 86.8 cm³/mol. The highest BCUT2D eigenvalue weighted by molar-refractivity contribution is 6.20. The van der Waals surface area contributed by atoms with E-state index in [0.29, 0.717) is 12.0 Å². The second kappa shape index (κ2) is 5.58. The summed E-state index contributed by atoms with van der Waals surface area (Å²) in [7, 11) is 2.19. The van der Waals surface area contributed by atoms with Crippen molar-refractivity contribution in [2.75, 3.05) is 20.1 Å². The highest BCUT2D eigenvalue weighted by Gasteiger charge is 2.30. The van der Waals surface area contributed by atoms with E-state index in [-0.39, 0.29) is 5.38 Å². The zero-order valence-corrected chi connectivity index (χ0v) is 13.9. The number of aromatic nitrogens is 3. The van der Waals surface area contributed by atoms with Crippen molar-refractivity contribution in [3.8, 4) is 0 Å². The molecule has 1 fully saturated rings. The third-order valence-electron chi connectivity index (χ3n) is 4.56. The summed E-state index contributed by atoms with van der Waals surface area (Å²) >= 11 is 6.41. The van der Waals surface area contributed by atoms with Crippen molar-refractivity contribution in [1.82, 2.24) is 19.4 Å². The minimum absolute atomic E-state index is 0.106. The topological polar surface area (TPSA) is 34.0 Å². The number of likely N-dealkylation sites (tertiary alicyclic amines) is 1. The molecule has 0 bridgehead atoms. The second-order valence-corrected chi connectivity index (χ2v) is 7.01. The van der Waals surface area contributed by atoms with Crippen LogP contribution in [0.2, 0.25) is 0 Å². The van der Waals surface area contributed by atoms with Crippen LogP contribution in [0.25, 0.3) is 11.2 Å². The van der Waals surface area contributed by atoms with Crippen molar-refractivity contribution in [3.05, 3.63) is 23.7 Å². The molecule has 3 rings (SSSR count). The van der Waals surface area contributed by atoms with Gasteiger partial charge in [0, 0.05) is 18.8 Å². The summed E-state index contributed by atoms with van der Waals surface area (Å²) < 4.78 is 2.30. The highest BCUT2D eigenvalue weighted by Crippen LogP contribution is 2.35. The van der Waals surface area contributed by atoms with Gasteiger partial charge in [-0.3, -0.25) is 0 Å². The number of rotatable bonds is 2. The number of pyridine rings is 1. The molecular formula is C16H23ClN4. The molecule has 0 aromatic carbocycles. The number of piperidine rings is 1.